The monoisotopic (exact) mass is 285 g/mol. The molecule has 0 aliphatic rings. The van der Waals surface area contributed by atoms with Crippen molar-refractivity contribution in [3.63, 3.8) is 0 Å². The molecule has 106 valence electrons. The zero-order valence-corrected chi connectivity index (χ0v) is 12.0. The number of rotatable bonds is 5. The van der Waals surface area contributed by atoms with Gasteiger partial charge < -0.3 is 16.8 Å². The van der Waals surface area contributed by atoms with Crippen molar-refractivity contribution in [3.05, 3.63) is 23.8 Å². The van der Waals surface area contributed by atoms with E-state index < -0.39 is 20.5 Å². The van der Waals surface area contributed by atoms with E-state index in [0.29, 0.717) is 11.4 Å². The number of nitrogens with one attached hydrogen (secondary N) is 1. The highest BCUT2D eigenvalue weighted by molar-refractivity contribution is 7.92. The van der Waals surface area contributed by atoms with E-state index in [1.54, 1.807) is 26.0 Å². The van der Waals surface area contributed by atoms with Crippen molar-refractivity contribution in [2.24, 2.45) is 5.73 Å². The summed E-state index contributed by atoms with van der Waals surface area (Å²) < 4.78 is 22.2. The molecule has 1 aromatic rings. The fourth-order valence-corrected chi connectivity index (χ4v) is 1.70. The average Bonchev–Trinajstić information content (AvgIpc) is 2.24. The Hall–Kier alpha value is -1.76. The van der Waals surface area contributed by atoms with Crippen LogP contribution in [0.25, 0.3) is 0 Å². The molecule has 0 atom stereocenters. The summed E-state index contributed by atoms with van der Waals surface area (Å²) >= 11 is 0. The molecule has 5 N–H and O–H groups in total. The lowest BCUT2D eigenvalue weighted by Gasteiger charge is -2.24. The van der Waals surface area contributed by atoms with E-state index in [1.807, 2.05) is 0 Å². The standard InChI is InChI=1S/C12H19N3O3S/c1-12(2,19(3,17)18)7-15-10-6-8(13)4-5-9(10)11(14)16/h4-6,15H,7,13H2,1-3H3,(H2,14,16). The second kappa shape index (κ2) is 5.08. The van der Waals surface area contributed by atoms with Crippen molar-refractivity contribution in [3.8, 4) is 0 Å². The molecule has 19 heavy (non-hydrogen) atoms. The maximum Gasteiger partial charge on any atom is 0.250 e. The van der Waals surface area contributed by atoms with Gasteiger partial charge in [-0.05, 0) is 32.0 Å². The molecule has 0 radical (unpaired) electrons. The smallest absolute Gasteiger partial charge is 0.250 e. The van der Waals surface area contributed by atoms with Crippen LogP contribution < -0.4 is 16.8 Å². The molecular weight excluding hydrogens is 266 g/mol. The van der Waals surface area contributed by atoms with Crippen LogP contribution in [0.3, 0.4) is 0 Å². The second-order valence-electron chi connectivity index (χ2n) is 5.05. The summed E-state index contributed by atoms with van der Waals surface area (Å²) in [5, 5.41) is 2.92. The largest absolute Gasteiger partial charge is 0.399 e. The quantitative estimate of drug-likeness (QED) is 0.685. The number of hydrogen-bond acceptors (Lipinski definition) is 5. The maximum atomic E-state index is 11.6. The van der Waals surface area contributed by atoms with Crippen LogP contribution in [0, 0.1) is 0 Å². The number of nitrogens with two attached hydrogens (primary N) is 2. The first-order valence-electron chi connectivity index (χ1n) is 5.67. The van der Waals surface area contributed by atoms with Crippen LogP contribution in [-0.2, 0) is 9.84 Å². The van der Waals surface area contributed by atoms with E-state index in [0.717, 1.165) is 0 Å². The lowest BCUT2D eigenvalue weighted by Crippen LogP contribution is -2.38. The van der Waals surface area contributed by atoms with E-state index in [-0.39, 0.29) is 12.1 Å². The molecule has 1 amide bonds. The molecule has 7 heteroatoms. The number of carbonyl (C=O) groups is 1. The van der Waals surface area contributed by atoms with E-state index in [9.17, 15) is 13.2 Å². The summed E-state index contributed by atoms with van der Waals surface area (Å²) in [6.45, 7) is 3.35. The highest BCUT2D eigenvalue weighted by Gasteiger charge is 2.30. The van der Waals surface area contributed by atoms with Crippen molar-refractivity contribution in [2.75, 3.05) is 23.9 Å². The Bertz CT molecular complexity index is 594. The zero-order chi connectivity index (χ0) is 14.8. The summed E-state index contributed by atoms with van der Waals surface area (Å²) in [5.41, 5.74) is 12.1. The molecule has 1 aromatic carbocycles. The Morgan fingerprint density at radius 3 is 2.42 bits per heavy atom. The highest BCUT2D eigenvalue weighted by Crippen LogP contribution is 2.22. The Morgan fingerprint density at radius 1 is 1.37 bits per heavy atom. The molecule has 0 saturated heterocycles. The number of nitrogen functional groups attached to an aromatic ring is 1. The van der Waals surface area contributed by atoms with Gasteiger partial charge in [-0.25, -0.2) is 8.42 Å². The molecule has 0 saturated carbocycles. The summed E-state index contributed by atoms with van der Waals surface area (Å²) in [6, 6.07) is 4.62. The third-order valence-electron chi connectivity index (χ3n) is 3.02. The van der Waals surface area contributed by atoms with Gasteiger partial charge in [0.1, 0.15) is 0 Å². The number of anilines is 2. The Kier molecular flexibility index (Phi) is 4.09. The zero-order valence-electron chi connectivity index (χ0n) is 11.2. The number of sulfone groups is 1. The predicted octanol–water partition coefficient (Wildman–Crippen LogP) is 0.603. The number of hydrogen-bond donors (Lipinski definition) is 3. The van der Waals surface area contributed by atoms with Crippen LogP contribution in [0.4, 0.5) is 11.4 Å². The van der Waals surface area contributed by atoms with Gasteiger partial charge in [-0.15, -0.1) is 0 Å². The van der Waals surface area contributed by atoms with Crippen LogP contribution in [0.15, 0.2) is 18.2 Å². The van der Waals surface area contributed by atoms with Gasteiger partial charge in [0.2, 0.25) is 0 Å². The lowest BCUT2D eigenvalue weighted by molar-refractivity contribution is 0.100. The second-order valence-corrected chi connectivity index (χ2v) is 7.70. The lowest BCUT2D eigenvalue weighted by atomic mass is 10.1. The summed E-state index contributed by atoms with van der Waals surface area (Å²) in [7, 11) is -3.23. The van der Waals surface area contributed by atoms with Crippen LogP contribution in [0.2, 0.25) is 0 Å². The third-order valence-corrected chi connectivity index (χ3v) is 5.17. The highest BCUT2D eigenvalue weighted by atomic mass is 32.2. The van der Waals surface area contributed by atoms with Gasteiger partial charge in [-0.2, -0.15) is 0 Å². The van der Waals surface area contributed by atoms with Crippen molar-refractivity contribution in [1.29, 1.82) is 0 Å². The molecule has 1 rings (SSSR count). The summed E-state index contributed by atoms with van der Waals surface area (Å²) in [4.78, 5) is 11.3. The van der Waals surface area contributed by atoms with Crippen LogP contribution in [0.5, 0.6) is 0 Å². The van der Waals surface area contributed by atoms with E-state index in [2.05, 4.69) is 5.32 Å². The molecule has 0 fully saturated rings. The third kappa shape index (κ3) is 3.60. The van der Waals surface area contributed by atoms with Crippen molar-refractivity contribution in [1.82, 2.24) is 0 Å². The molecule has 0 aliphatic heterocycles. The molecule has 0 heterocycles. The van der Waals surface area contributed by atoms with Crippen LogP contribution in [-0.4, -0.2) is 31.9 Å². The van der Waals surface area contributed by atoms with Crippen molar-refractivity contribution >= 4 is 27.1 Å². The van der Waals surface area contributed by atoms with Gasteiger partial charge in [-0.3, -0.25) is 4.79 Å². The molecule has 0 bridgehead atoms. The molecular formula is C12H19N3O3S. The Balaban J connectivity index is 3.01. The Morgan fingerprint density at radius 2 is 1.95 bits per heavy atom. The maximum absolute atomic E-state index is 11.6. The van der Waals surface area contributed by atoms with Gasteiger partial charge in [0.25, 0.3) is 5.91 Å². The minimum absolute atomic E-state index is 0.148. The first-order chi connectivity index (χ1) is 8.54. The SMILES string of the molecule is CC(C)(CNc1cc(N)ccc1C(N)=O)S(C)(=O)=O. The fraction of sp³-hybridized carbons (Fsp3) is 0.417. The number of benzene rings is 1. The average molecular weight is 285 g/mol. The van der Waals surface area contributed by atoms with Gasteiger partial charge in [-0.1, -0.05) is 0 Å². The van der Waals surface area contributed by atoms with Crippen molar-refractivity contribution in [2.45, 2.75) is 18.6 Å². The summed E-state index contributed by atoms with van der Waals surface area (Å²) in [5.74, 6) is -0.598. The number of primary amides is 1. The van der Waals surface area contributed by atoms with Crippen LogP contribution in [0.1, 0.15) is 24.2 Å². The Labute approximate surface area is 113 Å². The van der Waals surface area contributed by atoms with Crippen LogP contribution >= 0.6 is 0 Å². The molecule has 0 spiro atoms. The summed E-state index contributed by atoms with van der Waals surface area (Å²) in [6.07, 6.45) is 1.17. The molecule has 0 aliphatic carbocycles. The van der Waals surface area contributed by atoms with Crippen molar-refractivity contribution < 1.29 is 13.2 Å². The van der Waals surface area contributed by atoms with Gasteiger partial charge in [0.05, 0.1) is 10.3 Å². The van der Waals surface area contributed by atoms with Gasteiger partial charge >= 0.3 is 0 Å². The first kappa shape index (κ1) is 15.3. The molecule has 0 unspecified atom stereocenters. The first-order valence-corrected chi connectivity index (χ1v) is 7.56. The van der Waals surface area contributed by atoms with Gasteiger partial charge in [0.15, 0.2) is 9.84 Å². The van der Waals surface area contributed by atoms with E-state index >= 15 is 0 Å². The predicted molar refractivity (Wildman–Crippen MR) is 76.8 cm³/mol. The normalized spacial score (nSPS) is 12.2. The topological polar surface area (TPSA) is 115 Å². The minimum atomic E-state index is -3.23. The molecule has 0 aromatic heterocycles. The van der Waals surface area contributed by atoms with E-state index in [1.165, 1.54) is 12.3 Å². The number of carbonyl (C=O) groups excluding carboxylic acids is 1. The van der Waals surface area contributed by atoms with E-state index in [4.69, 9.17) is 11.5 Å². The number of amides is 1. The molecule has 6 nitrogen and oxygen atoms in total. The fourth-order valence-electron chi connectivity index (χ4n) is 1.36. The van der Waals surface area contributed by atoms with Gasteiger partial charge in [0, 0.05) is 24.2 Å². The minimum Gasteiger partial charge on any atom is -0.399 e.